The average Bonchev–Trinajstić information content (AvgIpc) is 2.72. The summed E-state index contributed by atoms with van der Waals surface area (Å²) in [4.78, 5) is 11.3. The fourth-order valence-corrected chi connectivity index (χ4v) is 4.65. The van der Waals surface area contributed by atoms with Gasteiger partial charge in [0.1, 0.15) is 0 Å². The van der Waals surface area contributed by atoms with E-state index < -0.39 is 16.0 Å². The Balaban J connectivity index is 1.97. The smallest absolute Gasteiger partial charge is 0.335 e. The number of carbonyl (C=O) groups is 1. The molecule has 5 nitrogen and oxygen atoms in total. The van der Waals surface area contributed by atoms with Gasteiger partial charge in [-0.2, -0.15) is 0 Å². The minimum absolute atomic E-state index is 0.0903. The molecule has 0 aromatic heterocycles. The van der Waals surface area contributed by atoms with Gasteiger partial charge in [0.2, 0.25) is 0 Å². The molecule has 0 atom stereocenters. The molecule has 3 aromatic rings. The molecule has 0 unspecified atom stereocenters. The van der Waals surface area contributed by atoms with Gasteiger partial charge < -0.3 is 5.11 Å². The van der Waals surface area contributed by atoms with E-state index in [4.69, 9.17) is 5.11 Å². The van der Waals surface area contributed by atoms with Crippen LogP contribution in [0.2, 0.25) is 0 Å². The van der Waals surface area contributed by atoms with Crippen molar-refractivity contribution in [3.05, 3.63) is 84.4 Å². The van der Waals surface area contributed by atoms with Gasteiger partial charge in [-0.25, -0.2) is 13.2 Å². The van der Waals surface area contributed by atoms with Crippen LogP contribution in [-0.4, -0.2) is 26.0 Å². The van der Waals surface area contributed by atoms with Gasteiger partial charge in [0.05, 0.1) is 16.1 Å². The molecular formula is C23H23NO4S. The number of benzene rings is 3. The second kappa shape index (κ2) is 8.49. The highest BCUT2D eigenvalue weighted by atomic mass is 32.2. The molecule has 0 amide bonds. The summed E-state index contributed by atoms with van der Waals surface area (Å²) in [5.74, 6) is -0.959. The van der Waals surface area contributed by atoms with E-state index in [2.05, 4.69) is 0 Å². The molecule has 0 aliphatic rings. The molecule has 150 valence electrons. The van der Waals surface area contributed by atoms with E-state index in [1.807, 2.05) is 44.2 Å². The van der Waals surface area contributed by atoms with Crippen LogP contribution in [0.4, 0.5) is 5.69 Å². The number of aromatic carboxylic acids is 1. The number of anilines is 1. The monoisotopic (exact) mass is 409 g/mol. The van der Waals surface area contributed by atoms with Crippen LogP contribution in [0.15, 0.2) is 83.8 Å². The summed E-state index contributed by atoms with van der Waals surface area (Å²) in [6.45, 7) is 4.16. The molecule has 0 aliphatic carbocycles. The zero-order valence-corrected chi connectivity index (χ0v) is 17.1. The maximum atomic E-state index is 13.3. The summed E-state index contributed by atoms with van der Waals surface area (Å²) in [5, 5.41) is 9.09. The first-order valence-electron chi connectivity index (χ1n) is 9.30. The van der Waals surface area contributed by atoms with E-state index >= 15 is 0 Å². The topological polar surface area (TPSA) is 74.7 Å². The van der Waals surface area contributed by atoms with Crippen molar-refractivity contribution in [2.45, 2.75) is 18.7 Å². The number of hydrogen-bond donors (Lipinski definition) is 1. The number of nitrogens with zero attached hydrogens (tertiary/aromatic N) is 1. The Bertz CT molecular complexity index is 1070. The van der Waals surface area contributed by atoms with E-state index in [9.17, 15) is 13.2 Å². The Morgan fingerprint density at radius 3 is 1.93 bits per heavy atom. The highest BCUT2D eigenvalue weighted by Gasteiger charge is 2.26. The van der Waals surface area contributed by atoms with Gasteiger partial charge in [0.25, 0.3) is 10.0 Å². The molecule has 3 aromatic carbocycles. The first kappa shape index (κ1) is 20.6. The van der Waals surface area contributed by atoms with Crippen molar-refractivity contribution in [3.8, 4) is 11.1 Å². The molecular weight excluding hydrogens is 386 g/mol. The predicted octanol–water partition coefficient (Wildman–Crippen LogP) is 4.90. The lowest BCUT2D eigenvalue weighted by Crippen LogP contribution is -2.34. The normalized spacial score (nSPS) is 11.4. The molecule has 0 radical (unpaired) electrons. The molecule has 1 N–H and O–H groups in total. The molecule has 0 spiro atoms. The number of sulfonamides is 1. The van der Waals surface area contributed by atoms with Crippen molar-refractivity contribution >= 4 is 21.7 Å². The van der Waals surface area contributed by atoms with Crippen LogP contribution in [-0.2, 0) is 10.0 Å². The highest BCUT2D eigenvalue weighted by Crippen LogP contribution is 2.27. The standard InChI is InChI=1S/C23H23NO4S/c1-17(2)16-24(21-12-8-20(9-13-21)23(25)26)29(27,28)22-14-10-19(11-15-22)18-6-4-3-5-7-18/h3-15,17H,16H2,1-2H3,(H,25,26). The van der Waals surface area contributed by atoms with Crippen LogP contribution >= 0.6 is 0 Å². The van der Waals surface area contributed by atoms with Crippen molar-refractivity contribution in [1.29, 1.82) is 0 Å². The maximum Gasteiger partial charge on any atom is 0.335 e. The van der Waals surface area contributed by atoms with Crippen molar-refractivity contribution in [2.75, 3.05) is 10.8 Å². The molecule has 0 aliphatic heterocycles. The van der Waals surface area contributed by atoms with E-state index in [0.29, 0.717) is 5.69 Å². The van der Waals surface area contributed by atoms with Crippen LogP contribution in [0.1, 0.15) is 24.2 Å². The number of carboxylic acid groups (broad SMARTS) is 1. The molecule has 0 saturated carbocycles. The summed E-state index contributed by atoms with van der Waals surface area (Å²) in [7, 11) is -3.80. The SMILES string of the molecule is CC(C)CN(c1ccc(C(=O)O)cc1)S(=O)(=O)c1ccc(-c2ccccc2)cc1. The zero-order valence-electron chi connectivity index (χ0n) is 16.3. The minimum Gasteiger partial charge on any atom is -0.478 e. The average molecular weight is 410 g/mol. The quantitative estimate of drug-likeness (QED) is 0.602. The Hall–Kier alpha value is -3.12. The molecule has 6 heteroatoms. The molecule has 0 saturated heterocycles. The van der Waals surface area contributed by atoms with Gasteiger partial charge in [-0.15, -0.1) is 0 Å². The lowest BCUT2D eigenvalue weighted by Gasteiger charge is -2.26. The fourth-order valence-electron chi connectivity index (χ4n) is 3.02. The number of rotatable bonds is 7. The summed E-state index contributed by atoms with van der Waals surface area (Å²) < 4.78 is 28.0. The van der Waals surface area contributed by atoms with E-state index in [1.165, 1.54) is 28.6 Å². The molecule has 29 heavy (non-hydrogen) atoms. The number of carboxylic acids is 1. The van der Waals surface area contributed by atoms with Gasteiger partial charge >= 0.3 is 5.97 Å². The van der Waals surface area contributed by atoms with Crippen LogP contribution < -0.4 is 4.31 Å². The summed E-state index contributed by atoms with van der Waals surface area (Å²) in [6, 6.07) is 22.4. The van der Waals surface area contributed by atoms with E-state index in [1.54, 1.807) is 24.3 Å². The zero-order chi connectivity index (χ0) is 21.0. The van der Waals surface area contributed by atoms with Crippen molar-refractivity contribution in [2.24, 2.45) is 5.92 Å². The van der Waals surface area contributed by atoms with Crippen LogP contribution in [0.3, 0.4) is 0 Å². The van der Waals surface area contributed by atoms with Gasteiger partial charge in [0.15, 0.2) is 0 Å². The van der Waals surface area contributed by atoms with Gasteiger partial charge in [-0.3, -0.25) is 4.31 Å². The first-order chi connectivity index (χ1) is 13.8. The molecule has 0 bridgehead atoms. The van der Waals surface area contributed by atoms with Crippen molar-refractivity contribution < 1.29 is 18.3 Å². The third-order valence-corrected chi connectivity index (χ3v) is 6.29. The second-order valence-electron chi connectivity index (χ2n) is 7.17. The predicted molar refractivity (Wildman–Crippen MR) is 115 cm³/mol. The van der Waals surface area contributed by atoms with E-state index in [-0.39, 0.29) is 22.9 Å². The summed E-state index contributed by atoms with van der Waals surface area (Å²) >= 11 is 0. The largest absolute Gasteiger partial charge is 0.478 e. The Morgan fingerprint density at radius 1 is 0.862 bits per heavy atom. The van der Waals surface area contributed by atoms with Crippen LogP contribution in [0, 0.1) is 5.92 Å². The summed E-state index contributed by atoms with van der Waals surface area (Å²) in [5.41, 5.74) is 2.50. The molecule has 0 fully saturated rings. The summed E-state index contributed by atoms with van der Waals surface area (Å²) in [6.07, 6.45) is 0. The molecule has 0 heterocycles. The molecule has 3 rings (SSSR count). The Morgan fingerprint density at radius 2 is 1.41 bits per heavy atom. The highest BCUT2D eigenvalue weighted by molar-refractivity contribution is 7.92. The lowest BCUT2D eigenvalue weighted by molar-refractivity contribution is 0.0697. The fraction of sp³-hybridized carbons (Fsp3) is 0.174. The maximum absolute atomic E-state index is 13.3. The van der Waals surface area contributed by atoms with Gasteiger partial charge in [-0.1, -0.05) is 56.3 Å². The van der Waals surface area contributed by atoms with E-state index in [0.717, 1.165) is 11.1 Å². The van der Waals surface area contributed by atoms with Gasteiger partial charge in [0, 0.05) is 6.54 Å². The Labute approximate surface area is 171 Å². The van der Waals surface area contributed by atoms with Crippen LogP contribution in [0.5, 0.6) is 0 Å². The third kappa shape index (κ3) is 4.66. The first-order valence-corrected chi connectivity index (χ1v) is 10.7. The van der Waals surface area contributed by atoms with Gasteiger partial charge in [-0.05, 0) is 53.4 Å². The second-order valence-corrected chi connectivity index (χ2v) is 9.03. The minimum atomic E-state index is -3.80. The van der Waals surface area contributed by atoms with Crippen molar-refractivity contribution in [1.82, 2.24) is 0 Å². The third-order valence-electron chi connectivity index (χ3n) is 4.48. The number of hydrogen-bond acceptors (Lipinski definition) is 3. The Kier molecular flexibility index (Phi) is 6.03. The van der Waals surface area contributed by atoms with Crippen molar-refractivity contribution in [3.63, 3.8) is 0 Å². The lowest BCUT2D eigenvalue weighted by atomic mass is 10.1. The van der Waals surface area contributed by atoms with Crippen LogP contribution in [0.25, 0.3) is 11.1 Å².